The van der Waals surface area contributed by atoms with E-state index in [9.17, 15) is 0 Å². The van der Waals surface area contributed by atoms with E-state index in [2.05, 4.69) is 218 Å². The molecule has 0 aliphatic heterocycles. The van der Waals surface area contributed by atoms with E-state index in [1.807, 2.05) is 0 Å². The summed E-state index contributed by atoms with van der Waals surface area (Å²) in [5.41, 5.74) is 2.82. The van der Waals surface area contributed by atoms with Crippen LogP contribution in [-0.4, -0.2) is 0 Å². The van der Waals surface area contributed by atoms with Gasteiger partial charge in [0.05, 0.1) is 18.4 Å². The molecular formula is C50H43Br2NP2. The zero-order valence-electron chi connectivity index (χ0n) is 30.8. The van der Waals surface area contributed by atoms with E-state index in [4.69, 9.17) is 5.26 Å². The lowest BCUT2D eigenvalue weighted by Crippen LogP contribution is -3.00. The summed E-state index contributed by atoms with van der Waals surface area (Å²) >= 11 is 0. The molecular weight excluding hydrogens is 836 g/mol. The second-order valence-electron chi connectivity index (χ2n) is 13.1. The topological polar surface area (TPSA) is 23.8 Å². The SMILES string of the molecule is CC#N.[Br-].[Br-].c1ccc([P+](Cc2cccc3cccc(C[P+](c4ccccc4)(c4ccccc4)c4ccccc4)c23)(c2ccccc2)c2ccccc2)cc1. The molecule has 0 fully saturated rings. The normalized spacial score (nSPS) is 10.8. The fourth-order valence-electron chi connectivity index (χ4n) is 7.81. The first-order valence-corrected chi connectivity index (χ1v) is 22.1. The third-order valence-electron chi connectivity index (χ3n) is 10.1. The Hall–Kier alpha value is -4.67. The molecule has 0 N–H and O–H groups in total. The maximum absolute atomic E-state index is 7.32. The Bertz CT molecular complexity index is 2050. The van der Waals surface area contributed by atoms with E-state index in [1.165, 1.54) is 60.7 Å². The van der Waals surface area contributed by atoms with Crippen LogP contribution in [0.2, 0.25) is 0 Å². The fourth-order valence-corrected chi connectivity index (χ4v) is 16.3. The molecule has 0 heterocycles. The first-order chi connectivity index (χ1) is 26.2. The number of hydrogen-bond acceptors (Lipinski definition) is 1. The van der Waals surface area contributed by atoms with Gasteiger partial charge in [0.2, 0.25) is 0 Å². The summed E-state index contributed by atoms with van der Waals surface area (Å²) in [5, 5.41) is 18.5. The predicted molar refractivity (Wildman–Crippen MR) is 233 cm³/mol. The molecule has 8 rings (SSSR count). The van der Waals surface area contributed by atoms with Gasteiger partial charge in [0.1, 0.15) is 46.4 Å². The lowest BCUT2D eigenvalue weighted by atomic mass is 10.0. The number of fused-ring (bicyclic) bond motifs is 1. The van der Waals surface area contributed by atoms with Crippen molar-refractivity contribution >= 4 is 57.1 Å². The van der Waals surface area contributed by atoms with Crippen molar-refractivity contribution in [3.05, 3.63) is 230 Å². The monoisotopic (exact) mass is 877 g/mol. The third kappa shape index (κ3) is 8.60. The molecule has 0 aliphatic rings. The lowest BCUT2D eigenvalue weighted by Gasteiger charge is -2.30. The molecule has 272 valence electrons. The molecule has 0 amide bonds. The molecule has 0 spiro atoms. The van der Waals surface area contributed by atoms with Gasteiger partial charge >= 0.3 is 0 Å². The highest BCUT2D eigenvalue weighted by Crippen LogP contribution is 2.61. The first-order valence-electron chi connectivity index (χ1n) is 18.1. The van der Waals surface area contributed by atoms with E-state index in [0.29, 0.717) is 0 Å². The van der Waals surface area contributed by atoms with Crippen LogP contribution in [0.15, 0.2) is 218 Å². The highest BCUT2D eigenvalue weighted by molar-refractivity contribution is 7.95. The van der Waals surface area contributed by atoms with Gasteiger partial charge in [-0.3, -0.25) is 0 Å². The van der Waals surface area contributed by atoms with Gasteiger partial charge in [-0.1, -0.05) is 146 Å². The van der Waals surface area contributed by atoms with Crippen LogP contribution in [-0.2, 0) is 12.3 Å². The molecule has 1 nitrogen and oxygen atoms in total. The Morgan fingerprint density at radius 3 is 0.782 bits per heavy atom. The van der Waals surface area contributed by atoms with Crippen molar-refractivity contribution in [2.75, 3.05) is 0 Å². The minimum absolute atomic E-state index is 0. The number of nitriles is 1. The van der Waals surface area contributed by atoms with Gasteiger partial charge in [-0.15, -0.1) is 0 Å². The summed E-state index contributed by atoms with van der Waals surface area (Å²) in [6.07, 6.45) is 1.87. The van der Waals surface area contributed by atoms with E-state index in [1.54, 1.807) is 6.07 Å². The summed E-state index contributed by atoms with van der Waals surface area (Å²) < 4.78 is 0. The van der Waals surface area contributed by atoms with Crippen molar-refractivity contribution in [3.8, 4) is 6.07 Å². The molecule has 0 radical (unpaired) electrons. The van der Waals surface area contributed by atoms with Crippen molar-refractivity contribution in [2.45, 2.75) is 19.2 Å². The zero-order chi connectivity index (χ0) is 36.4. The van der Waals surface area contributed by atoms with Gasteiger partial charge in [-0.05, 0) is 94.7 Å². The third-order valence-corrected chi connectivity index (χ3v) is 18.8. The van der Waals surface area contributed by atoms with Gasteiger partial charge in [0.25, 0.3) is 0 Å². The molecule has 0 saturated heterocycles. The van der Waals surface area contributed by atoms with Crippen molar-refractivity contribution in [1.82, 2.24) is 0 Å². The number of hydrogen-bond donors (Lipinski definition) is 0. The maximum Gasteiger partial charge on any atom is 0.116 e. The molecule has 0 atom stereocenters. The van der Waals surface area contributed by atoms with Gasteiger partial charge in [0, 0.05) is 6.92 Å². The number of nitrogens with zero attached hydrogens (tertiary/aromatic N) is 1. The molecule has 8 aromatic rings. The summed E-state index contributed by atoms with van der Waals surface area (Å²) in [7, 11) is -4.23. The summed E-state index contributed by atoms with van der Waals surface area (Å²) in [6.45, 7) is 1.43. The Balaban J connectivity index is 0.00000112. The molecule has 0 aliphatic carbocycles. The van der Waals surface area contributed by atoms with E-state index < -0.39 is 14.5 Å². The van der Waals surface area contributed by atoms with Crippen LogP contribution in [0.3, 0.4) is 0 Å². The summed E-state index contributed by atoms with van der Waals surface area (Å²) in [4.78, 5) is 0. The second-order valence-corrected chi connectivity index (χ2v) is 20.1. The number of rotatable bonds is 10. The Morgan fingerprint density at radius 1 is 0.345 bits per heavy atom. The average molecular weight is 880 g/mol. The second kappa shape index (κ2) is 19.8. The zero-order valence-corrected chi connectivity index (χ0v) is 35.8. The minimum atomic E-state index is -2.12. The quantitative estimate of drug-likeness (QED) is 0.188. The standard InChI is InChI=1S/C48H40P2.C2H3N.2BrH/c1-7-25-42(26-8-1)49(43-27-9-2-10-28-43,44-29-11-3-12-30-44)37-40-23-19-21-39-22-20-24-41(48(39)40)38-50(45-31-13-4-14-32-45,46-33-15-5-16-34-46)47-35-17-6-18-36-47;1-2-3;;/h1-36H,37-38H2;1H3;2*1H/q+2;;;/p-2. The smallest absolute Gasteiger partial charge is 0.116 e. The van der Waals surface area contributed by atoms with Crippen LogP contribution in [0.1, 0.15) is 18.1 Å². The summed E-state index contributed by atoms with van der Waals surface area (Å²) in [5.74, 6) is 0. The molecule has 0 bridgehead atoms. The average Bonchev–Trinajstić information content (AvgIpc) is 3.24. The molecule has 0 unspecified atom stereocenters. The van der Waals surface area contributed by atoms with Gasteiger partial charge in [0.15, 0.2) is 0 Å². The van der Waals surface area contributed by atoms with Gasteiger partial charge in [-0.2, -0.15) is 5.26 Å². The Labute approximate surface area is 349 Å². The highest BCUT2D eigenvalue weighted by Gasteiger charge is 2.48. The molecule has 0 saturated carbocycles. The molecule has 0 aromatic heterocycles. The lowest BCUT2D eigenvalue weighted by molar-refractivity contribution is -0.00100. The predicted octanol–water partition coefficient (Wildman–Crippen LogP) is 4.37. The van der Waals surface area contributed by atoms with E-state index in [-0.39, 0.29) is 34.0 Å². The number of halogens is 2. The van der Waals surface area contributed by atoms with Crippen LogP contribution in [0.25, 0.3) is 10.8 Å². The van der Waals surface area contributed by atoms with E-state index >= 15 is 0 Å². The minimum Gasteiger partial charge on any atom is -1.00 e. The van der Waals surface area contributed by atoms with Crippen LogP contribution >= 0.6 is 14.5 Å². The van der Waals surface area contributed by atoms with Crippen molar-refractivity contribution < 1.29 is 34.0 Å². The highest BCUT2D eigenvalue weighted by atomic mass is 79.9. The first kappa shape index (κ1) is 41.5. The van der Waals surface area contributed by atoms with Crippen molar-refractivity contribution in [1.29, 1.82) is 5.26 Å². The van der Waals surface area contributed by atoms with E-state index in [0.717, 1.165) is 12.3 Å². The largest absolute Gasteiger partial charge is 1.00 e. The molecule has 8 aromatic carbocycles. The molecule has 5 heteroatoms. The van der Waals surface area contributed by atoms with Crippen LogP contribution in [0.4, 0.5) is 0 Å². The Kier molecular flexibility index (Phi) is 14.9. The van der Waals surface area contributed by atoms with Crippen LogP contribution < -0.4 is 65.8 Å². The Morgan fingerprint density at radius 2 is 0.564 bits per heavy atom. The van der Waals surface area contributed by atoms with Gasteiger partial charge < -0.3 is 34.0 Å². The van der Waals surface area contributed by atoms with Gasteiger partial charge in [-0.25, -0.2) is 0 Å². The molecule has 55 heavy (non-hydrogen) atoms. The van der Waals surface area contributed by atoms with Crippen molar-refractivity contribution in [2.24, 2.45) is 0 Å². The summed E-state index contributed by atoms with van der Waals surface area (Å²) in [6, 6.07) is 83.4. The maximum atomic E-state index is 7.32. The fraction of sp³-hybridized carbons (Fsp3) is 0.0600. The number of benzene rings is 8. The van der Waals surface area contributed by atoms with Crippen molar-refractivity contribution in [3.63, 3.8) is 0 Å². The van der Waals surface area contributed by atoms with Crippen LogP contribution in [0, 0.1) is 11.3 Å². The van der Waals surface area contributed by atoms with Crippen LogP contribution in [0.5, 0.6) is 0 Å².